The third-order valence-electron chi connectivity index (χ3n) is 7.19. The highest BCUT2D eigenvalue weighted by molar-refractivity contribution is 6.01. The zero-order valence-corrected chi connectivity index (χ0v) is 19.5. The van der Waals surface area contributed by atoms with Gasteiger partial charge >= 0.3 is 11.9 Å². The maximum Gasteiger partial charge on any atom is 0.323 e. The van der Waals surface area contributed by atoms with E-state index in [2.05, 4.69) is 29.5 Å². The van der Waals surface area contributed by atoms with Crippen molar-refractivity contribution in [1.82, 2.24) is 4.57 Å². The van der Waals surface area contributed by atoms with E-state index in [1.807, 2.05) is 37.4 Å². The van der Waals surface area contributed by atoms with Crippen molar-refractivity contribution in [3.63, 3.8) is 0 Å². The van der Waals surface area contributed by atoms with Crippen molar-refractivity contribution in [2.45, 2.75) is 18.8 Å². The van der Waals surface area contributed by atoms with E-state index in [-0.39, 0.29) is 31.5 Å². The number of hydrogen-bond donors (Lipinski definition) is 0. The van der Waals surface area contributed by atoms with Crippen molar-refractivity contribution in [3.8, 4) is 11.5 Å². The summed E-state index contributed by atoms with van der Waals surface area (Å²) in [5.74, 6) is -0.188. The van der Waals surface area contributed by atoms with Gasteiger partial charge in [0.2, 0.25) is 6.79 Å². The van der Waals surface area contributed by atoms with Crippen LogP contribution in [0, 0.1) is 11.3 Å². The van der Waals surface area contributed by atoms with Gasteiger partial charge in [-0.25, -0.2) is 0 Å². The summed E-state index contributed by atoms with van der Waals surface area (Å²) in [7, 11) is 4.60. The van der Waals surface area contributed by atoms with Gasteiger partial charge in [-0.05, 0) is 48.1 Å². The summed E-state index contributed by atoms with van der Waals surface area (Å²) in [5.41, 5.74) is 2.58. The minimum Gasteiger partial charge on any atom is -0.468 e. The zero-order chi connectivity index (χ0) is 24.0. The molecule has 7 heteroatoms. The first-order chi connectivity index (χ1) is 16.4. The predicted molar refractivity (Wildman–Crippen MR) is 126 cm³/mol. The number of methoxy groups -OCH3 is 2. The molecule has 7 nitrogen and oxygen atoms in total. The van der Waals surface area contributed by atoms with Crippen molar-refractivity contribution in [1.29, 1.82) is 0 Å². The summed E-state index contributed by atoms with van der Waals surface area (Å²) >= 11 is 0. The molecule has 1 aliphatic carbocycles. The van der Waals surface area contributed by atoms with Gasteiger partial charge in [-0.1, -0.05) is 36.4 Å². The van der Waals surface area contributed by atoms with Crippen LogP contribution in [0.4, 0.5) is 0 Å². The number of nitrogens with zero attached hydrogens (tertiary/aromatic N) is 1. The lowest BCUT2D eigenvalue weighted by Gasteiger charge is -2.27. The summed E-state index contributed by atoms with van der Waals surface area (Å²) in [6.07, 6.45) is 2.54. The highest BCUT2D eigenvalue weighted by atomic mass is 16.7. The Labute approximate surface area is 197 Å². The van der Waals surface area contributed by atoms with Gasteiger partial charge in [-0.3, -0.25) is 9.59 Å². The van der Waals surface area contributed by atoms with E-state index in [0.29, 0.717) is 11.5 Å². The average Bonchev–Trinajstić information content (AvgIpc) is 3.55. The molecule has 0 amide bonds. The normalized spacial score (nSPS) is 19.3. The third-order valence-corrected chi connectivity index (χ3v) is 7.19. The lowest BCUT2D eigenvalue weighted by Crippen LogP contribution is -2.39. The molecule has 0 bridgehead atoms. The van der Waals surface area contributed by atoms with Crippen molar-refractivity contribution in [3.05, 3.63) is 71.9 Å². The zero-order valence-electron chi connectivity index (χ0n) is 19.5. The second kappa shape index (κ2) is 8.24. The van der Waals surface area contributed by atoms with Gasteiger partial charge in [0.15, 0.2) is 16.9 Å². The van der Waals surface area contributed by atoms with E-state index in [1.165, 1.54) is 14.2 Å². The van der Waals surface area contributed by atoms with Crippen LogP contribution in [0.1, 0.15) is 29.9 Å². The number of fused-ring (bicyclic) bond motifs is 2. The molecular weight excluding hydrogens is 434 g/mol. The first-order valence-corrected chi connectivity index (χ1v) is 11.2. The molecule has 1 aromatic heterocycles. The Morgan fingerprint density at radius 3 is 2.53 bits per heavy atom. The van der Waals surface area contributed by atoms with Crippen LogP contribution in [0.2, 0.25) is 0 Å². The molecular formula is C27H27NO6. The quantitative estimate of drug-likeness (QED) is 0.320. The van der Waals surface area contributed by atoms with E-state index in [0.717, 1.165) is 27.6 Å². The minimum absolute atomic E-state index is 0.177. The van der Waals surface area contributed by atoms with Gasteiger partial charge in [0.05, 0.1) is 14.2 Å². The Kier molecular flexibility index (Phi) is 5.35. The lowest BCUT2D eigenvalue weighted by atomic mass is 9.76. The standard InChI is InChI=1S/C27H27NO6/c1-16-12-27(25(29)31-3,26(30)32-4)13-19(16)24(17-9-10-22-23(11-17)34-15-33-22)20-14-28(2)21-8-6-5-7-18(20)21/h5-11,14,19,24H,1,12-13,15H2,2-4H3/t19-,24-/m0/s1. The van der Waals surface area contributed by atoms with Crippen LogP contribution in [0.5, 0.6) is 11.5 Å². The molecule has 1 fully saturated rings. The van der Waals surface area contributed by atoms with Gasteiger partial charge in [-0.2, -0.15) is 0 Å². The summed E-state index contributed by atoms with van der Waals surface area (Å²) in [6.45, 7) is 4.50. The van der Waals surface area contributed by atoms with Crippen molar-refractivity contribution in [2.24, 2.45) is 18.4 Å². The monoisotopic (exact) mass is 461 g/mol. The Bertz CT molecular complexity index is 1290. The fraction of sp³-hybridized carbons (Fsp3) is 0.333. The van der Waals surface area contributed by atoms with Gasteiger partial charge < -0.3 is 23.5 Å². The second-order valence-electron chi connectivity index (χ2n) is 9.01. The van der Waals surface area contributed by atoms with Crippen molar-refractivity contribution < 1.29 is 28.5 Å². The van der Waals surface area contributed by atoms with E-state index in [4.69, 9.17) is 18.9 Å². The minimum atomic E-state index is -1.41. The van der Waals surface area contributed by atoms with Crippen LogP contribution >= 0.6 is 0 Å². The molecule has 34 heavy (non-hydrogen) atoms. The van der Waals surface area contributed by atoms with Gasteiger partial charge in [0.25, 0.3) is 0 Å². The second-order valence-corrected chi connectivity index (χ2v) is 9.01. The van der Waals surface area contributed by atoms with Crippen molar-refractivity contribution >= 4 is 22.8 Å². The molecule has 0 saturated heterocycles. The molecule has 2 atom stereocenters. The SMILES string of the molecule is C=C1CC(C(=O)OC)(C(=O)OC)C[C@@H]1[C@H](c1ccc2c(c1)OCO2)c1cn(C)c2ccccc12. The van der Waals surface area contributed by atoms with Crippen LogP contribution in [-0.4, -0.2) is 37.5 Å². The Balaban J connectivity index is 1.68. The molecule has 0 radical (unpaired) electrons. The Morgan fingerprint density at radius 1 is 1.09 bits per heavy atom. The molecule has 0 spiro atoms. The number of allylic oxidation sites excluding steroid dienone is 1. The van der Waals surface area contributed by atoms with E-state index >= 15 is 0 Å². The smallest absolute Gasteiger partial charge is 0.323 e. The Hall–Kier alpha value is -3.74. The molecule has 0 unspecified atom stereocenters. The van der Waals surface area contributed by atoms with E-state index in [9.17, 15) is 9.59 Å². The average molecular weight is 462 g/mol. The number of carbonyl (C=O) groups is 2. The first-order valence-electron chi connectivity index (χ1n) is 11.2. The number of esters is 2. The van der Waals surface area contributed by atoms with Crippen LogP contribution < -0.4 is 9.47 Å². The number of para-hydroxylation sites is 1. The maximum atomic E-state index is 12.9. The molecule has 2 aromatic carbocycles. The van der Waals surface area contributed by atoms with Crippen molar-refractivity contribution in [2.75, 3.05) is 21.0 Å². The summed E-state index contributed by atoms with van der Waals surface area (Å²) in [6, 6.07) is 14.1. The molecule has 3 aromatic rings. The van der Waals surface area contributed by atoms with Gasteiger partial charge in [0.1, 0.15) is 0 Å². The number of aromatic nitrogens is 1. The lowest BCUT2D eigenvalue weighted by molar-refractivity contribution is -0.168. The number of carbonyl (C=O) groups excluding carboxylic acids is 2. The van der Waals surface area contributed by atoms with Crippen LogP contribution in [0.3, 0.4) is 0 Å². The number of rotatable bonds is 5. The number of benzene rings is 2. The molecule has 1 saturated carbocycles. The highest BCUT2D eigenvalue weighted by Gasteiger charge is 2.56. The van der Waals surface area contributed by atoms with Gasteiger partial charge in [0, 0.05) is 30.1 Å². The van der Waals surface area contributed by atoms with E-state index in [1.54, 1.807) is 0 Å². The fourth-order valence-electron chi connectivity index (χ4n) is 5.61. The molecule has 2 aliphatic rings. The number of ether oxygens (including phenoxy) is 4. The highest BCUT2D eigenvalue weighted by Crippen LogP contribution is 2.54. The Morgan fingerprint density at radius 2 is 1.79 bits per heavy atom. The topological polar surface area (TPSA) is 76.0 Å². The summed E-state index contributed by atoms with van der Waals surface area (Å²) < 4.78 is 23.4. The predicted octanol–water partition coefficient (Wildman–Crippen LogP) is 4.34. The molecule has 2 heterocycles. The van der Waals surface area contributed by atoms with E-state index < -0.39 is 17.4 Å². The summed E-state index contributed by atoms with van der Waals surface area (Å²) in [5, 5.41) is 1.11. The number of aryl methyl sites for hydroxylation is 1. The molecule has 176 valence electrons. The largest absolute Gasteiger partial charge is 0.468 e. The third kappa shape index (κ3) is 3.26. The summed E-state index contributed by atoms with van der Waals surface area (Å²) in [4.78, 5) is 25.8. The fourth-order valence-corrected chi connectivity index (χ4v) is 5.61. The molecule has 1 aliphatic heterocycles. The number of hydrogen-bond acceptors (Lipinski definition) is 6. The van der Waals surface area contributed by atoms with Crippen LogP contribution in [-0.2, 0) is 26.1 Å². The first kappa shape index (κ1) is 22.1. The van der Waals surface area contributed by atoms with Gasteiger partial charge in [-0.15, -0.1) is 0 Å². The van der Waals surface area contributed by atoms with Crippen LogP contribution in [0.15, 0.2) is 60.8 Å². The molecule has 0 N–H and O–H groups in total. The maximum absolute atomic E-state index is 12.9. The molecule has 5 rings (SSSR count). The van der Waals surface area contributed by atoms with Crippen LogP contribution in [0.25, 0.3) is 10.9 Å².